The molecule has 0 N–H and O–H groups in total. The average Bonchev–Trinajstić information content (AvgIpc) is 2.36. The average molecular weight is 262 g/mol. The van der Waals surface area contributed by atoms with Gasteiger partial charge >= 0.3 is 7.12 Å². The predicted octanol–water partition coefficient (Wildman–Crippen LogP) is 1.85. The molecule has 0 aromatic heterocycles. The molecule has 1 unspecified atom stereocenters. The normalized spacial score (nSPS) is 25.6. The van der Waals surface area contributed by atoms with E-state index in [1.54, 1.807) is 0 Å². The summed E-state index contributed by atoms with van der Waals surface area (Å²) in [6.45, 7) is 7.19. The van der Waals surface area contributed by atoms with Crippen LogP contribution in [0.4, 0.5) is 0 Å². The van der Waals surface area contributed by atoms with Gasteiger partial charge in [-0.1, -0.05) is 12.1 Å². The topological polar surface area (TPSA) is 36.9 Å². The first-order valence-corrected chi connectivity index (χ1v) is 6.70. The van der Waals surface area contributed by atoms with Crippen LogP contribution in [0.3, 0.4) is 0 Å². The highest BCUT2D eigenvalue weighted by Crippen LogP contribution is 2.27. The van der Waals surface area contributed by atoms with Crippen molar-refractivity contribution in [2.75, 3.05) is 6.79 Å². The first kappa shape index (κ1) is 13.0. The van der Waals surface area contributed by atoms with E-state index >= 15 is 0 Å². The minimum atomic E-state index is -0.314. The maximum absolute atomic E-state index is 6.02. The van der Waals surface area contributed by atoms with E-state index in [4.69, 9.17) is 18.8 Å². The van der Waals surface area contributed by atoms with Crippen molar-refractivity contribution in [2.45, 2.75) is 45.5 Å². The Morgan fingerprint density at radius 2 is 2.16 bits per heavy atom. The van der Waals surface area contributed by atoms with Crippen molar-refractivity contribution >= 4 is 12.6 Å². The maximum Gasteiger partial charge on any atom is 0.494 e. The summed E-state index contributed by atoms with van der Waals surface area (Å²) in [4.78, 5) is 0. The quantitative estimate of drug-likeness (QED) is 0.724. The van der Waals surface area contributed by atoms with Gasteiger partial charge in [-0.05, 0) is 38.7 Å². The highest BCUT2D eigenvalue weighted by molar-refractivity contribution is 6.61. The van der Waals surface area contributed by atoms with Crippen molar-refractivity contribution in [3.8, 4) is 5.75 Å². The molecule has 4 nitrogen and oxygen atoms in total. The Bertz CT molecular complexity index is 475. The standard InChI is InChI=1S/C14H19BO4/c1-10-7-14(2,3)19-15(18-10)12-4-5-13-11(6-12)8-16-9-17-13/h4-6,10H,7-9H2,1-3H3. The Balaban J connectivity index is 1.85. The summed E-state index contributed by atoms with van der Waals surface area (Å²) in [6, 6.07) is 6.02. The predicted molar refractivity (Wildman–Crippen MR) is 72.4 cm³/mol. The molecule has 1 aromatic carbocycles. The largest absolute Gasteiger partial charge is 0.494 e. The highest BCUT2D eigenvalue weighted by Gasteiger charge is 2.38. The molecule has 1 atom stereocenters. The summed E-state index contributed by atoms with van der Waals surface area (Å²) >= 11 is 0. The molecule has 1 aromatic rings. The molecule has 1 fully saturated rings. The van der Waals surface area contributed by atoms with E-state index in [-0.39, 0.29) is 18.8 Å². The van der Waals surface area contributed by atoms with Gasteiger partial charge in [0.15, 0.2) is 6.79 Å². The SMILES string of the molecule is CC1CC(C)(C)OB(c2ccc3c(c2)COCO3)O1. The van der Waals surface area contributed by atoms with Crippen LogP contribution in [0.1, 0.15) is 32.8 Å². The lowest BCUT2D eigenvalue weighted by atomic mass is 9.74. The monoisotopic (exact) mass is 262 g/mol. The number of hydrogen-bond donors (Lipinski definition) is 0. The summed E-state index contributed by atoms with van der Waals surface area (Å²) in [6.07, 6.45) is 1.10. The second-order valence-electron chi connectivity index (χ2n) is 5.84. The van der Waals surface area contributed by atoms with Crippen LogP contribution >= 0.6 is 0 Å². The van der Waals surface area contributed by atoms with E-state index in [2.05, 4.69) is 20.8 Å². The second kappa shape index (κ2) is 4.82. The van der Waals surface area contributed by atoms with E-state index < -0.39 is 0 Å². The lowest BCUT2D eigenvalue weighted by Gasteiger charge is -2.38. The summed E-state index contributed by atoms with van der Waals surface area (Å²) in [5, 5.41) is 0. The number of fused-ring (bicyclic) bond motifs is 1. The van der Waals surface area contributed by atoms with Crippen LogP contribution in [0.25, 0.3) is 0 Å². The Morgan fingerprint density at radius 3 is 2.95 bits per heavy atom. The van der Waals surface area contributed by atoms with Crippen molar-refractivity contribution in [2.24, 2.45) is 0 Å². The Hall–Kier alpha value is -1.04. The van der Waals surface area contributed by atoms with Gasteiger partial charge in [0.1, 0.15) is 5.75 Å². The number of benzene rings is 1. The van der Waals surface area contributed by atoms with Crippen LogP contribution < -0.4 is 10.2 Å². The number of hydrogen-bond acceptors (Lipinski definition) is 4. The van der Waals surface area contributed by atoms with E-state index in [1.807, 2.05) is 18.2 Å². The van der Waals surface area contributed by atoms with Gasteiger partial charge in [-0.25, -0.2) is 0 Å². The van der Waals surface area contributed by atoms with Crippen molar-refractivity contribution < 1.29 is 18.8 Å². The van der Waals surface area contributed by atoms with Crippen molar-refractivity contribution in [1.29, 1.82) is 0 Å². The smallest absolute Gasteiger partial charge is 0.467 e. The fourth-order valence-corrected chi connectivity index (χ4v) is 2.72. The van der Waals surface area contributed by atoms with Crippen LogP contribution in [0.2, 0.25) is 0 Å². The fraction of sp³-hybridized carbons (Fsp3) is 0.571. The van der Waals surface area contributed by atoms with Gasteiger partial charge < -0.3 is 18.8 Å². The summed E-state index contributed by atoms with van der Waals surface area (Å²) in [5.74, 6) is 0.887. The zero-order chi connectivity index (χ0) is 13.5. The molecule has 2 heterocycles. The van der Waals surface area contributed by atoms with Gasteiger partial charge in [-0.15, -0.1) is 0 Å². The molecule has 0 bridgehead atoms. The van der Waals surface area contributed by atoms with Crippen LogP contribution in [0.5, 0.6) is 5.75 Å². The summed E-state index contributed by atoms with van der Waals surface area (Å²) in [5.41, 5.74) is 1.91. The van der Waals surface area contributed by atoms with E-state index in [0.717, 1.165) is 23.2 Å². The molecule has 19 heavy (non-hydrogen) atoms. The number of rotatable bonds is 1. The summed E-state index contributed by atoms with van der Waals surface area (Å²) < 4.78 is 22.6. The molecule has 0 saturated carbocycles. The molecule has 102 valence electrons. The minimum Gasteiger partial charge on any atom is -0.467 e. The zero-order valence-electron chi connectivity index (χ0n) is 11.6. The van der Waals surface area contributed by atoms with E-state index in [0.29, 0.717) is 13.4 Å². The zero-order valence-corrected chi connectivity index (χ0v) is 11.6. The van der Waals surface area contributed by atoms with Crippen LogP contribution in [-0.4, -0.2) is 25.6 Å². The van der Waals surface area contributed by atoms with Gasteiger partial charge in [0.05, 0.1) is 12.2 Å². The van der Waals surface area contributed by atoms with Crippen molar-refractivity contribution in [1.82, 2.24) is 0 Å². The third-order valence-electron chi connectivity index (χ3n) is 3.47. The van der Waals surface area contributed by atoms with Gasteiger partial charge in [0.25, 0.3) is 0 Å². The fourth-order valence-electron chi connectivity index (χ4n) is 2.72. The van der Waals surface area contributed by atoms with Crippen molar-refractivity contribution in [3.05, 3.63) is 23.8 Å². The third-order valence-corrected chi connectivity index (χ3v) is 3.47. The molecule has 2 aliphatic rings. The lowest BCUT2D eigenvalue weighted by molar-refractivity contribution is -0.0232. The molecular weight excluding hydrogens is 243 g/mol. The molecule has 0 aliphatic carbocycles. The van der Waals surface area contributed by atoms with Crippen LogP contribution in [0.15, 0.2) is 18.2 Å². The molecule has 2 aliphatic heterocycles. The Kier molecular flexibility index (Phi) is 3.29. The van der Waals surface area contributed by atoms with E-state index in [1.165, 1.54) is 0 Å². The van der Waals surface area contributed by atoms with Gasteiger partial charge in [0.2, 0.25) is 0 Å². The molecule has 1 saturated heterocycles. The Morgan fingerprint density at radius 1 is 1.32 bits per heavy atom. The van der Waals surface area contributed by atoms with Gasteiger partial charge in [-0.3, -0.25) is 0 Å². The highest BCUT2D eigenvalue weighted by atomic mass is 16.7. The molecular formula is C14H19BO4. The van der Waals surface area contributed by atoms with E-state index in [9.17, 15) is 0 Å². The minimum absolute atomic E-state index is 0.161. The van der Waals surface area contributed by atoms with Crippen LogP contribution in [0, 0.1) is 0 Å². The second-order valence-corrected chi connectivity index (χ2v) is 5.84. The number of ether oxygens (including phenoxy) is 2. The molecule has 5 heteroatoms. The first-order valence-electron chi connectivity index (χ1n) is 6.70. The third kappa shape index (κ3) is 2.78. The van der Waals surface area contributed by atoms with Gasteiger partial charge in [-0.2, -0.15) is 0 Å². The first-order chi connectivity index (χ1) is 9.03. The van der Waals surface area contributed by atoms with Crippen LogP contribution in [-0.2, 0) is 20.7 Å². The molecule has 0 spiro atoms. The van der Waals surface area contributed by atoms with Crippen molar-refractivity contribution in [3.63, 3.8) is 0 Å². The lowest BCUT2D eigenvalue weighted by Crippen LogP contribution is -2.51. The molecule has 0 amide bonds. The molecule has 0 radical (unpaired) electrons. The Labute approximate surface area is 114 Å². The van der Waals surface area contributed by atoms with Gasteiger partial charge in [0, 0.05) is 11.7 Å². The summed E-state index contributed by atoms with van der Waals surface area (Å²) in [7, 11) is -0.314. The maximum atomic E-state index is 6.02. The molecule has 3 rings (SSSR count).